The largest absolute Gasteiger partial charge is 0.462 e. The summed E-state index contributed by atoms with van der Waals surface area (Å²) < 4.78 is 16.8. The first-order valence-corrected chi connectivity index (χ1v) is 33.1. The predicted molar refractivity (Wildman–Crippen MR) is 334 cm³/mol. The zero-order valence-electron chi connectivity index (χ0n) is 51.0. The Labute approximate surface area is 477 Å². The maximum atomic E-state index is 12.9. The fourth-order valence-corrected chi connectivity index (χ4v) is 9.48. The Hall–Kier alpha value is -3.41. The Balaban J connectivity index is 4.11. The van der Waals surface area contributed by atoms with Crippen LogP contribution in [0.3, 0.4) is 0 Å². The van der Waals surface area contributed by atoms with Crippen LogP contribution in [-0.2, 0) is 28.6 Å². The molecule has 0 fully saturated rings. The maximum absolute atomic E-state index is 12.9. The minimum atomic E-state index is -0.781. The van der Waals surface area contributed by atoms with Crippen LogP contribution in [0.5, 0.6) is 0 Å². The molecule has 0 heterocycles. The first-order valence-electron chi connectivity index (χ1n) is 33.1. The van der Waals surface area contributed by atoms with Crippen LogP contribution in [-0.4, -0.2) is 37.2 Å². The lowest BCUT2D eigenvalue weighted by molar-refractivity contribution is -0.167. The van der Waals surface area contributed by atoms with Crippen molar-refractivity contribution < 1.29 is 28.6 Å². The zero-order chi connectivity index (χ0) is 55.7. The number of unbranched alkanes of at least 4 members (excludes halogenated alkanes) is 35. The van der Waals surface area contributed by atoms with Crippen molar-refractivity contribution in [3.63, 3.8) is 0 Å². The molecule has 0 aromatic heterocycles. The van der Waals surface area contributed by atoms with Gasteiger partial charge < -0.3 is 14.2 Å². The molecule has 0 aliphatic heterocycles. The summed E-state index contributed by atoms with van der Waals surface area (Å²) in [6.45, 7) is 6.49. The van der Waals surface area contributed by atoms with Gasteiger partial charge in [-0.1, -0.05) is 318 Å². The minimum Gasteiger partial charge on any atom is -0.462 e. The number of allylic oxidation sites excluding steroid dienone is 14. The molecule has 0 rings (SSSR count). The fraction of sp³-hybridized carbons (Fsp3) is 0.761. The molecule has 0 N–H and O–H groups in total. The van der Waals surface area contributed by atoms with Crippen molar-refractivity contribution in [2.75, 3.05) is 13.2 Å². The monoisotopic (exact) mass is 1070 g/mol. The van der Waals surface area contributed by atoms with Gasteiger partial charge in [0.25, 0.3) is 0 Å². The second-order valence-electron chi connectivity index (χ2n) is 22.0. The van der Waals surface area contributed by atoms with Gasteiger partial charge in [0, 0.05) is 19.3 Å². The Kier molecular flexibility index (Phi) is 62.2. The lowest BCUT2D eigenvalue weighted by atomic mass is 10.0. The van der Waals surface area contributed by atoms with Crippen molar-refractivity contribution in [3.8, 4) is 0 Å². The van der Waals surface area contributed by atoms with Gasteiger partial charge in [-0.05, 0) is 77.0 Å². The van der Waals surface area contributed by atoms with Crippen LogP contribution in [0.4, 0.5) is 0 Å². The molecule has 0 aliphatic carbocycles. The Morgan fingerprint density at radius 1 is 0.273 bits per heavy atom. The minimum absolute atomic E-state index is 0.0803. The van der Waals surface area contributed by atoms with E-state index in [1.54, 1.807) is 0 Å². The summed E-state index contributed by atoms with van der Waals surface area (Å²) in [6, 6.07) is 0. The van der Waals surface area contributed by atoms with Crippen molar-refractivity contribution in [1.82, 2.24) is 0 Å². The van der Waals surface area contributed by atoms with Gasteiger partial charge in [0.2, 0.25) is 0 Å². The number of esters is 3. The highest BCUT2D eigenvalue weighted by Gasteiger charge is 2.19. The number of ether oxygens (including phenoxy) is 3. The molecule has 0 saturated heterocycles. The third kappa shape index (κ3) is 63.3. The average molecular weight is 1070 g/mol. The SMILES string of the molecule is CC/C=C\C/C=C\C/C=C\C/C=C\C/C=C\C/C=C\C/C=C\CCCCCCCC(=O)OCC(COC(=O)CCCCCCCC)OC(=O)CCCCCCCCCCCCCCCCCCCCCCCCCCCC. The van der Waals surface area contributed by atoms with Gasteiger partial charge in [0.1, 0.15) is 13.2 Å². The second kappa shape index (κ2) is 65.1. The molecule has 0 aromatic rings. The van der Waals surface area contributed by atoms with Crippen LogP contribution in [0.25, 0.3) is 0 Å². The predicted octanol–water partition coefficient (Wildman–Crippen LogP) is 22.7. The molecule has 0 amide bonds. The van der Waals surface area contributed by atoms with Gasteiger partial charge in [0.15, 0.2) is 6.10 Å². The highest BCUT2D eigenvalue weighted by molar-refractivity contribution is 5.71. The molecule has 6 nitrogen and oxygen atoms in total. The molecule has 0 aliphatic rings. The summed E-state index contributed by atoms with van der Waals surface area (Å²) in [6.07, 6.45) is 86.4. The molecule has 0 aromatic carbocycles. The van der Waals surface area contributed by atoms with Gasteiger partial charge in [-0.25, -0.2) is 0 Å². The average Bonchev–Trinajstić information content (AvgIpc) is 3.43. The van der Waals surface area contributed by atoms with Crippen molar-refractivity contribution in [2.24, 2.45) is 0 Å². The molecule has 1 atom stereocenters. The normalized spacial score (nSPS) is 12.6. The van der Waals surface area contributed by atoms with Crippen molar-refractivity contribution in [2.45, 2.75) is 335 Å². The van der Waals surface area contributed by atoms with Crippen LogP contribution in [0.15, 0.2) is 85.1 Å². The fourth-order valence-electron chi connectivity index (χ4n) is 9.48. The second-order valence-corrected chi connectivity index (χ2v) is 22.0. The Morgan fingerprint density at radius 2 is 0.506 bits per heavy atom. The van der Waals surface area contributed by atoms with E-state index >= 15 is 0 Å². The number of rotatable bonds is 60. The van der Waals surface area contributed by atoms with E-state index in [0.29, 0.717) is 19.3 Å². The summed E-state index contributed by atoms with van der Waals surface area (Å²) in [7, 11) is 0. The van der Waals surface area contributed by atoms with E-state index in [4.69, 9.17) is 14.2 Å². The van der Waals surface area contributed by atoms with Gasteiger partial charge in [-0.15, -0.1) is 0 Å². The van der Waals surface area contributed by atoms with Crippen LogP contribution in [0.2, 0.25) is 0 Å². The lowest BCUT2D eigenvalue weighted by Gasteiger charge is -2.18. The zero-order valence-corrected chi connectivity index (χ0v) is 51.0. The topological polar surface area (TPSA) is 78.9 Å². The molecule has 6 heteroatoms. The summed E-state index contributed by atoms with van der Waals surface area (Å²) in [5.74, 6) is -0.897. The highest BCUT2D eigenvalue weighted by Crippen LogP contribution is 2.17. The third-order valence-electron chi connectivity index (χ3n) is 14.4. The van der Waals surface area contributed by atoms with Gasteiger partial charge in [-0.3, -0.25) is 14.4 Å². The van der Waals surface area contributed by atoms with Crippen LogP contribution >= 0.6 is 0 Å². The van der Waals surface area contributed by atoms with Crippen molar-refractivity contribution in [1.29, 1.82) is 0 Å². The molecular formula is C71H124O6. The van der Waals surface area contributed by atoms with E-state index in [1.165, 1.54) is 167 Å². The van der Waals surface area contributed by atoms with Crippen LogP contribution < -0.4 is 0 Å². The van der Waals surface area contributed by atoms with Crippen molar-refractivity contribution >= 4 is 17.9 Å². The van der Waals surface area contributed by atoms with Gasteiger partial charge in [0.05, 0.1) is 0 Å². The number of carbonyl (C=O) groups excluding carboxylic acids is 3. The summed E-state index contributed by atoms with van der Waals surface area (Å²) in [5, 5.41) is 0. The van der Waals surface area contributed by atoms with Crippen molar-refractivity contribution in [3.05, 3.63) is 85.1 Å². The maximum Gasteiger partial charge on any atom is 0.306 e. The molecule has 0 bridgehead atoms. The Morgan fingerprint density at radius 3 is 0.792 bits per heavy atom. The molecular weight excluding hydrogens is 949 g/mol. The first-order chi connectivity index (χ1) is 38.0. The third-order valence-corrected chi connectivity index (χ3v) is 14.4. The molecule has 0 radical (unpaired) electrons. The van der Waals surface area contributed by atoms with Gasteiger partial charge >= 0.3 is 17.9 Å². The highest BCUT2D eigenvalue weighted by atomic mass is 16.6. The van der Waals surface area contributed by atoms with E-state index in [1.807, 2.05) is 0 Å². The van der Waals surface area contributed by atoms with E-state index in [-0.39, 0.29) is 31.1 Å². The molecule has 77 heavy (non-hydrogen) atoms. The summed E-state index contributed by atoms with van der Waals surface area (Å²) in [4.78, 5) is 38.0. The standard InChI is InChI=1S/C71H124O6/c1-4-7-10-13-16-18-20-22-24-26-28-30-32-34-36-38-39-41-43-45-47-49-51-53-55-58-61-64-70(73)76-67-68(66-75-69(72)63-60-57-15-12-9-6-3)77-71(74)65-62-59-56-54-52-50-48-46-44-42-40-37-35-33-31-29-27-25-23-21-19-17-14-11-8-5-2/h7,10,16,18,22,24,28,30,34,36,39,41,45,47,68H,4-6,8-9,11-15,17,19-21,23,25-27,29,31-33,35,37-38,40,42-44,46,48-67H2,1-3H3/b10-7-,18-16-,24-22-,30-28-,36-34-,41-39-,47-45-. The number of hydrogen-bond donors (Lipinski definition) is 0. The number of hydrogen-bond acceptors (Lipinski definition) is 6. The first kappa shape index (κ1) is 73.6. The lowest BCUT2D eigenvalue weighted by Crippen LogP contribution is -2.30. The summed E-state index contributed by atoms with van der Waals surface area (Å²) in [5.41, 5.74) is 0. The molecule has 1 unspecified atom stereocenters. The van der Waals surface area contributed by atoms with Crippen LogP contribution in [0.1, 0.15) is 329 Å². The molecule has 0 saturated carbocycles. The van der Waals surface area contributed by atoms with E-state index in [0.717, 1.165) is 122 Å². The summed E-state index contributed by atoms with van der Waals surface area (Å²) >= 11 is 0. The van der Waals surface area contributed by atoms with E-state index in [2.05, 4.69) is 106 Å². The van der Waals surface area contributed by atoms with E-state index in [9.17, 15) is 14.4 Å². The smallest absolute Gasteiger partial charge is 0.306 e. The number of carbonyl (C=O) groups is 3. The molecule has 444 valence electrons. The van der Waals surface area contributed by atoms with Crippen LogP contribution in [0, 0.1) is 0 Å². The quantitative estimate of drug-likeness (QED) is 0.0261. The Bertz CT molecular complexity index is 1470. The van der Waals surface area contributed by atoms with Gasteiger partial charge in [-0.2, -0.15) is 0 Å². The molecule has 0 spiro atoms. The van der Waals surface area contributed by atoms with E-state index < -0.39 is 6.10 Å².